The van der Waals surface area contributed by atoms with Crippen LogP contribution in [-0.4, -0.2) is 31.5 Å². The van der Waals surface area contributed by atoms with Crippen LogP contribution in [0.5, 0.6) is 0 Å². The molecule has 0 aromatic heterocycles. The molecule has 0 saturated heterocycles. The van der Waals surface area contributed by atoms with E-state index in [1.54, 1.807) is 0 Å². The van der Waals surface area contributed by atoms with E-state index in [0.29, 0.717) is 6.42 Å². The standard InChI is InChI=1S/C11H13ClO4/c1-15-8(13)10-4-11(9(14)16-2)6(10)3-5(12)7(10)11/h5-7H,3-4H2,1-2H3. The van der Waals surface area contributed by atoms with E-state index in [1.165, 1.54) is 14.2 Å². The SMILES string of the molecule is COC(=O)C12CC3(C(=O)OC)C1CC(Cl)C23. The molecule has 0 radical (unpaired) electrons. The van der Waals surface area contributed by atoms with Gasteiger partial charge in [0.2, 0.25) is 0 Å². The Morgan fingerprint density at radius 2 is 1.69 bits per heavy atom. The second-order valence-corrected chi connectivity index (χ2v) is 5.58. The summed E-state index contributed by atoms with van der Waals surface area (Å²) in [4.78, 5) is 23.6. The van der Waals surface area contributed by atoms with Crippen molar-refractivity contribution in [2.75, 3.05) is 14.2 Å². The normalized spacial score (nSPS) is 51.3. The van der Waals surface area contributed by atoms with Crippen molar-refractivity contribution in [1.82, 2.24) is 0 Å². The van der Waals surface area contributed by atoms with Crippen molar-refractivity contribution in [3.8, 4) is 0 Å². The van der Waals surface area contributed by atoms with Crippen molar-refractivity contribution in [3.63, 3.8) is 0 Å². The predicted molar refractivity (Wildman–Crippen MR) is 54.8 cm³/mol. The van der Waals surface area contributed by atoms with Gasteiger partial charge in [-0.25, -0.2) is 0 Å². The average Bonchev–Trinajstić information content (AvgIpc) is 2.62. The van der Waals surface area contributed by atoms with Gasteiger partial charge in [0, 0.05) is 11.3 Å². The Labute approximate surface area is 98.2 Å². The van der Waals surface area contributed by atoms with E-state index in [2.05, 4.69) is 0 Å². The van der Waals surface area contributed by atoms with Crippen molar-refractivity contribution < 1.29 is 19.1 Å². The van der Waals surface area contributed by atoms with Crippen LogP contribution in [0.1, 0.15) is 12.8 Å². The number of ether oxygens (including phenoxy) is 2. The van der Waals surface area contributed by atoms with Crippen molar-refractivity contribution >= 4 is 23.5 Å². The van der Waals surface area contributed by atoms with Gasteiger partial charge < -0.3 is 9.47 Å². The van der Waals surface area contributed by atoms with E-state index >= 15 is 0 Å². The van der Waals surface area contributed by atoms with Crippen molar-refractivity contribution in [2.24, 2.45) is 22.7 Å². The molecule has 88 valence electrons. The van der Waals surface area contributed by atoms with Gasteiger partial charge in [-0.3, -0.25) is 9.59 Å². The van der Waals surface area contributed by atoms with Crippen LogP contribution >= 0.6 is 11.6 Å². The zero-order valence-corrected chi connectivity index (χ0v) is 9.91. The topological polar surface area (TPSA) is 52.6 Å². The Bertz CT molecular complexity index is 365. The number of hydrogen-bond acceptors (Lipinski definition) is 4. The summed E-state index contributed by atoms with van der Waals surface area (Å²) >= 11 is 6.20. The first-order valence-corrected chi connectivity index (χ1v) is 5.80. The second kappa shape index (κ2) is 2.73. The van der Waals surface area contributed by atoms with Gasteiger partial charge in [-0.2, -0.15) is 0 Å². The van der Waals surface area contributed by atoms with Gasteiger partial charge in [0.15, 0.2) is 0 Å². The fraction of sp³-hybridized carbons (Fsp3) is 0.818. The maximum atomic E-state index is 11.8. The molecule has 5 rings (SSSR count). The highest BCUT2D eigenvalue weighted by Crippen LogP contribution is 2.88. The van der Waals surface area contributed by atoms with Crippen LogP contribution in [0, 0.1) is 22.7 Å². The number of carbonyl (C=O) groups is 2. The molecule has 3 unspecified atom stereocenters. The number of rotatable bonds is 2. The summed E-state index contributed by atoms with van der Waals surface area (Å²) in [6.45, 7) is 0. The molecule has 4 bridgehead atoms. The summed E-state index contributed by atoms with van der Waals surface area (Å²) in [7, 11) is 2.77. The zero-order chi connectivity index (χ0) is 11.7. The molecular formula is C11H13ClO4. The maximum absolute atomic E-state index is 11.8. The van der Waals surface area contributed by atoms with E-state index in [9.17, 15) is 9.59 Å². The third-order valence-electron chi connectivity index (χ3n) is 4.89. The minimum absolute atomic E-state index is 0.0346. The average molecular weight is 245 g/mol. The predicted octanol–water partition coefficient (Wildman–Crippen LogP) is 0.966. The lowest BCUT2D eigenvalue weighted by Gasteiger charge is -2.73. The minimum Gasteiger partial charge on any atom is -0.469 e. The molecule has 0 aromatic rings. The molecule has 5 fully saturated rings. The Morgan fingerprint density at radius 3 is 2.00 bits per heavy atom. The van der Waals surface area contributed by atoms with Crippen LogP contribution < -0.4 is 0 Å². The minimum atomic E-state index is -0.477. The highest BCUT2D eigenvalue weighted by atomic mass is 35.5. The zero-order valence-electron chi connectivity index (χ0n) is 9.16. The first-order chi connectivity index (χ1) is 7.55. The van der Waals surface area contributed by atoms with Gasteiger partial charge in [-0.15, -0.1) is 11.6 Å². The van der Waals surface area contributed by atoms with E-state index in [-0.39, 0.29) is 29.2 Å². The molecule has 5 heteroatoms. The Hall–Kier alpha value is -0.770. The van der Waals surface area contributed by atoms with Gasteiger partial charge >= 0.3 is 11.9 Å². The largest absolute Gasteiger partial charge is 0.469 e. The highest BCUT2D eigenvalue weighted by molar-refractivity contribution is 6.22. The number of hydrogen-bond donors (Lipinski definition) is 0. The molecule has 0 amide bonds. The molecule has 5 saturated carbocycles. The number of esters is 2. The van der Waals surface area contributed by atoms with Crippen molar-refractivity contribution in [3.05, 3.63) is 0 Å². The fourth-order valence-electron chi connectivity index (χ4n) is 4.43. The first-order valence-electron chi connectivity index (χ1n) is 5.36. The number of carbonyl (C=O) groups excluding carboxylic acids is 2. The molecule has 5 aliphatic rings. The molecule has 0 heterocycles. The maximum Gasteiger partial charge on any atom is 0.312 e. The summed E-state index contributed by atoms with van der Waals surface area (Å²) < 4.78 is 9.67. The van der Waals surface area contributed by atoms with Crippen LogP contribution in [0.25, 0.3) is 0 Å². The third kappa shape index (κ3) is 0.698. The van der Waals surface area contributed by atoms with Crippen LogP contribution in [0.15, 0.2) is 0 Å². The summed E-state index contributed by atoms with van der Waals surface area (Å²) in [5.74, 6) is -0.466. The quantitative estimate of drug-likeness (QED) is 0.537. The summed E-state index contributed by atoms with van der Waals surface area (Å²) in [5, 5.41) is -0.100. The number of fused-ring (bicyclic) bond motifs is 1. The Balaban J connectivity index is 1.95. The van der Waals surface area contributed by atoms with E-state index < -0.39 is 10.8 Å². The van der Waals surface area contributed by atoms with Gasteiger partial charge in [0.05, 0.1) is 25.0 Å². The lowest BCUT2D eigenvalue weighted by Crippen LogP contribution is -2.79. The highest BCUT2D eigenvalue weighted by Gasteiger charge is 2.93. The van der Waals surface area contributed by atoms with Gasteiger partial charge in [-0.1, -0.05) is 0 Å². The van der Waals surface area contributed by atoms with Crippen LogP contribution in [0.3, 0.4) is 0 Å². The molecule has 16 heavy (non-hydrogen) atoms. The third-order valence-corrected chi connectivity index (χ3v) is 5.32. The summed E-state index contributed by atoms with van der Waals surface area (Å²) in [6, 6.07) is 0. The monoisotopic (exact) mass is 244 g/mol. The fourth-order valence-corrected chi connectivity index (χ4v) is 5.06. The number of alkyl halides is 1. The lowest BCUT2D eigenvalue weighted by atomic mass is 9.27. The molecular weight excluding hydrogens is 232 g/mol. The van der Waals surface area contributed by atoms with Gasteiger partial charge in [0.25, 0.3) is 0 Å². The van der Waals surface area contributed by atoms with E-state index in [4.69, 9.17) is 21.1 Å². The molecule has 0 aromatic carbocycles. The molecule has 0 aliphatic heterocycles. The van der Waals surface area contributed by atoms with Gasteiger partial charge in [0.1, 0.15) is 0 Å². The number of halogens is 1. The summed E-state index contributed by atoms with van der Waals surface area (Å²) in [5.41, 5.74) is -0.954. The van der Waals surface area contributed by atoms with Crippen molar-refractivity contribution in [2.45, 2.75) is 18.2 Å². The second-order valence-electron chi connectivity index (χ2n) is 5.02. The molecule has 4 nitrogen and oxygen atoms in total. The van der Waals surface area contributed by atoms with Gasteiger partial charge in [-0.05, 0) is 18.8 Å². The molecule has 0 N–H and O–H groups in total. The Kier molecular flexibility index (Phi) is 1.77. The van der Waals surface area contributed by atoms with E-state index in [0.717, 1.165) is 6.42 Å². The van der Waals surface area contributed by atoms with E-state index in [1.807, 2.05) is 0 Å². The van der Waals surface area contributed by atoms with Crippen LogP contribution in [0.4, 0.5) is 0 Å². The summed E-state index contributed by atoms with van der Waals surface area (Å²) in [6.07, 6.45) is 1.27. The van der Waals surface area contributed by atoms with Crippen LogP contribution in [-0.2, 0) is 19.1 Å². The molecule has 0 spiro atoms. The molecule has 3 atom stereocenters. The number of methoxy groups -OCH3 is 2. The molecule has 5 aliphatic carbocycles. The first kappa shape index (κ1) is 10.4. The lowest BCUT2D eigenvalue weighted by molar-refractivity contribution is -0.288. The smallest absolute Gasteiger partial charge is 0.312 e. The Morgan fingerprint density at radius 1 is 1.19 bits per heavy atom. The van der Waals surface area contributed by atoms with Crippen molar-refractivity contribution in [1.29, 1.82) is 0 Å². The van der Waals surface area contributed by atoms with Crippen LogP contribution in [0.2, 0.25) is 0 Å².